The van der Waals surface area contributed by atoms with Crippen LogP contribution < -0.4 is 4.74 Å². The molecular formula is C55H34N2O. The van der Waals surface area contributed by atoms with E-state index in [1.807, 2.05) is 18.2 Å². The molecule has 2 heterocycles. The van der Waals surface area contributed by atoms with Crippen LogP contribution in [0.15, 0.2) is 206 Å². The molecule has 10 aromatic rings. The monoisotopic (exact) mass is 738 g/mol. The molecule has 0 amide bonds. The fourth-order valence-corrected chi connectivity index (χ4v) is 9.58. The minimum absolute atomic E-state index is 0.525. The highest BCUT2D eigenvalue weighted by Gasteiger charge is 2.51. The zero-order valence-corrected chi connectivity index (χ0v) is 31.4. The average molecular weight is 739 g/mol. The van der Waals surface area contributed by atoms with Gasteiger partial charge in [-0.3, -0.25) is 0 Å². The number of aromatic nitrogens is 2. The summed E-state index contributed by atoms with van der Waals surface area (Å²) in [5, 5.41) is 4.90. The lowest BCUT2D eigenvalue weighted by Gasteiger charge is -2.40. The molecule has 270 valence electrons. The quantitative estimate of drug-likeness (QED) is 0.169. The van der Waals surface area contributed by atoms with E-state index in [2.05, 4.69) is 188 Å². The third-order valence-corrected chi connectivity index (χ3v) is 12.1. The molecule has 1 aromatic heterocycles. The lowest BCUT2D eigenvalue weighted by molar-refractivity contribution is 0.438. The molecular weight excluding hydrogens is 705 g/mol. The van der Waals surface area contributed by atoms with Crippen molar-refractivity contribution in [1.82, 2.24) is 9.97 Å². The SMILES string of the molecule is c1ccc(-c2nc(-c3cccc(-c4cccc5c4Oc4ccccc4C54c5ccccc5-c5ccccc54)c3)cc(-c3ccc4c(ccc5ccccc54)c3)n2)cc1. The first-order valence-corrected chi connectivity index (χ1v) is 19.8. The van der Waals surface area contributed by atoms with Gasteiger partial charge in [0.25, 0.3) is 0 Å². The summed E-state index contributed by atoms with van der Waals surface area (Å²) in [5.41, 5.74) is 13.7. The summed E-state index contributed by atoms with van der Waals surface area (Å²) in [6.45, 7) is 0. The predicted octanol–water partition coefficient (Wildman–Crippen LogP) is 13.9. The summed E-state index contributed by atoms with van der Waals surface area (Å²) in [5.74, 6) is 2.44. The Morgan fingerprint density at radius 3 is 1.72 bits per heavy atom. The minimum atomic E-state index is -0.525. The Kier molecular flexibility index (Phi) is 7.14. The second-order valence-corrected chi connectivity index (χ2v) is 15.3. The Bertz CT molecular complexity index is 3230. The van der Waals surface area contributed by atoms with Crippen LogP contribution in [0.3, 0.4) is 0 Å². The number of nitrogens with zero attached hydrogens (tertiary/aromatic N) is 2. The van der Waals surface area contributed by atoms with Gasteiger partial charge < -0.3 is 4.74 Å². The lowest BCUT2D eigenvalue weighted by atomic mass is 9.65. The second kappa shape index (κ2) is 12.7. The number of rotatable bonds is 4. The molecule has 9 aromatic carbocycles. The highest BCUT2D eigenvalue weighted by atomic mass is 16.5. The first kappa shape index (κ1) is 32.6. The van der Waals surface area contributed by atoms with Crippen molar-refractivity contribution in [2.75, 3.05) is 0 Å². The minimum Gasteiger partial charge on any atom is -0.456 e. The van der Waals surface area contributed by atoms with Gasteiger partial charge >= 0.3 is 0 Å². The summed E-state index contributed by atoms with van der Waals surface area (Å²) in [7, 11) is 0. The van der Waals surface area contributed by atoms with Gasteiger partial charge in [0.05, 0.1) is 16.8 Å². The Labute approximate surface area is 336 Å². The molecule has 0 bridgehead atoms. The molecule has 0 atom stereocenters. The molecule has 0 radical (unpaired) electrons. The van der Waals surface area contributed by atoms with Crippen molar-refractivity contribution in [3.05, 3.63) is 229 Å². The number of benzene rings is 9. The summed E-state index contributed by atoms with van der Waals surface area (Å²) in [6, 6.07) is 73.6. The van der Waals surface area contributed by atoms with Crippen molar-refractivity contribution in [2.24, 2.45) is 0 Å². The van der Waals surface area contributed by atoms with E-state index in [0.717, 1.165) is 61.8 Å². The molecule has 0 saturated heterocycles. The molecule has 0 saturated carbocycles. The lowest BCUT2D eigenvalue weighted by Crippen LogP contribution is -2.32. The van der Waals surface area contributed by atoms with Crippen LogP contribution in [0.5, 0.6) is 11.5 Å². The van der Waals surface area contributed by atoms with Crippen LogP contribution in [0.25, 0.3) is 77.7 Å². The van der Waals surface area contributed by atoms with Crippen molar-refractivity contribution >= 4 is 21.5 Å². The van der Waals surface area contributed by atoms with E-state index in [0.29, 0.717) is 5.82 Å². The van der Waals surface area contributed by atoms with Gasteiger partial charge in [-0.05, 0) is 73.6 Å². The van der Waals surface area contributed by atoms with Gasteiger partial charge in [-0.25, -0.2) is 9.97 Å². The molecule has 1 aliphatic carbocycles. The van der Waals surface area contributed by atoms with E-state index in [1.54, 1.807) is 0 Å². The normalized spacial score (nSPS) is 13.1. The first-order chi connectivity index (χ1) is 28.7. The van der Waals surface area contributed by atoms with E-state index in [9.17, 15) is 0 Å². The average Bonchev–Trinajstić information content (AvgIpc) is 3.59. The maximum atomic E-state index is 7.02. The fourth-order valence-electron chi connectivity index (χ4n) is 9.58. The highest BCUT2D eigenvalue weighted by molar-refractivity contribution is 6.08. The van der Waals surface area contributed by atoms with Gasteiger partial charge in [-0.2, -0.15) is 0 Å². The molecule has 3 nitrogen and oxygen atoms in total. The number of hydrogen-bond acceptors (Lipinski definition) is 3. The standard InChI is InChI=1S/C55H34N2O/c1-2-15-36(16-3-1)54-56-50(34-51(57-54)40-30-31-42-38(33-40)29-28-35-14-4-5-19-41(35)42)39-18-12-17-37(32-39)43-22-13-26-49-53(43)58-52-27-11-10-25-48(52)55(49)46-23-8-6-20-44(46)45-21-7-9-24-47(45)55/h1-34H. The highest BCUT2D eigenvalue weighted by Crippen LogP contribution is 2.63. The number of ether oxygens (including phenoxy) is 1. The number of fused-ring (bicyclic) bond motifs is 12. The van der Waals surface area contributed by atoms with Gasteiger partial charge in [0, 0.05) is 33.4 Å². The maximum absolute atomic E-state index is 7.02. The van der Waals surface area contributed by atoms with Crippen LogP contribution in [-0.2, 0) is 5.41 Å². The predicted molar refractivity (Wildman–Crippen MR) is 236 cm³/mol. The maximum Gasteiger partial charge on any atom is 0.160 e. The van der Waals surface area contributed by atoms with Crippen molar-refractivity contribution < 1.29 is 4.74 Å². The first-order valence-electron chi connectivity index (χ1n) is 19.8. The van der Waals surface area contributed by atoms with Crippen LogP contribution in [0.2, 0.25) is 0 Å². The summed E-state index contributed by atoms with van der Waals surface area (Å²) < 4.78 is 7.02. The third-order valence-electron chi connectivity index (χ3n) is 12.1. The Balaban J connectivity index is 1.03. The van der Waals surface area contributed by atoms with Gasteiger partial charge in [0.2, 0.25) is 0 Å². The molecule has 12 rings (SSSR count). The molecule has 1 aliphatic heterocycles. The molecule has 0 fully saturated rings. The largest absolute Gasteiger partial charge is 0.456 e. The smallest absolute Gasteiger partial charge is 0.160 e. The molecule has 58 heavy (non-hydrogen) atoms. The number of hydrogen-bond donors (Lipinski definition) is 0. The summed E-state index contributed by atoms with van der Waals surface area (Å²) in [4.78, 5) is 10.4. The van der Waals surface area contributed by atoms with Crippen molar-refractivity contribution in [3.63, 3.8) is 0 Å². The second-order valence-electron chi connectivity index (χ2n) is 15.3. The Morgan fingerprint density at radius 2 is 0.914 bits per heavy atom. The van der Waals surface area contributed by atoms with E-state index >= 15 is 0 Å². The Morgan fingerprint density at radius 1 is 0.345 bits per heavy atom. The number of para-hydroxylation sites is 2. The summed E-state index contributed by atoms with van der Waals surface area (Å²) >= 11 is 0. The fraction of sp³-hybridized carbons (Fsp3) is 0.0182. The van der Waals surface area contributed by atoms with Crippen LogP contribution in [0.1, 0.15) is 22.3 Å². The third kappa shape index (κ3) is 4.80. The van der Waals surface area contributed by atoms with Gasteiger partial charge in [-0.15, -0.1) is 0 Å². The van der Waals surface area contributed by atoms with Crippen molar-refractivity contribution in [3.8, 4) is 67.7 Å². The molecule has 0 N–H and O–H groups in total. The van der Waals surface area contributed by atoms with Gasteiger partial charge in [-0.1, -0.05) is 182 Å². The zero-order valence-electron chi connectivity index (χ0n) is 31.4. The van der Waals surface area contributed by atoms with Gasteiger partial charge in [0.15, 0.2) is 5.82 Å². The summed E-state index contributed by atoms with van der Waals surface area (Å²) in [6.07, 6.45) is 0. The zero-order chi connectivity index (χ0) is 38.2. The molecule has 2 aliphatic rings. The molecule has 1 spiro atoms. The van der Waals surface area contributed by atoms with E-state index in [-0.39, 0.29) is 0 Å². The van der Waals surface area contributed by atoms with E-state index in [1.165, 1.54) is 43.8 Å². The van der Waals surface area contributed by atoms with Crippen LogP contribution in [-0.4, -0.2) is 9.97 Å². The topological polar surface area (TPSA) is 35.0 Å². The van der Waals surface area contributed by atoms with E-state index in [4.69, 9.17) is 14.7 Å². The van der Waals surface area contributed by atoms with Gasteiger partial charge in [0.1, 0.15) is 11.5 Å². The van der Waals surface area contributed by atoms with Crippen molar-refractivity contribution in [1.29, 1.82) is 0 Å². The Hall–Kier alpha value is -7.62. The molecule has 0 unspecified atom stereocenters. The van der Waals surface area contributed by atoms with Crippen LogP contribution >= 0.6 is 0 Å². The van der Waals surface area contributed by atoms with E-state index < -0.39 is 5.41 Å². The van der Waals surface area contributed by atoms with Crippen LogP contribution in [0.4, 0.5) is 0 Å². The molecule has 3 heteroatoms. The van der Waals surface area contributed by atoms with Crippen molar-refractivity contribution in [2.45, 2.75) is 5.41 Å². The van der Waals surface area contributed by atoms with Crippen LogP contribution in [0, 0.1) is 0 Å².